The maximum atomic E-state index is 2.46. The smallest absolute Gasteiger partial charge is 0.0325 e. The van der Waals surface area contributed by atoms with Crippen LogP contribution in [-0.2, 0) is 0 Å². The third kappa shape index (κ3) is 2.40. The Kier molecular flexibility index (Phi) is 3.14. The molecule has 2 unspecified atom stereocenters. The second-order valence-corrected chi connectivity index (χ2v) is 6.80. The van der Waals surface area contributed by atoms with Crippen molar-refractivity contribution in [2.24, 2.45) is 29.1 Å². The zero-order valence-corrected chi connectivity index (χ0v) is 11.1. The van der Waals surface area contributed by atoms with Gasteiger partial charge < -0.3 is 0 Å². The van der Waals surface area contributed by atoms with E-state index in [0.29, 0.717) is 0 Å². The van der Waals surface area contributed by atoms with Crippen molar-refractivity contribution >= 4 is 0 Å². The van der Waals surface area contributed by atoms with E-state index in [-0.39, 0.29) is 0 Å². The Bertz CT molecular complexity index is 204. The molecular weight excluding hydrogens is 180 g/mol. The van der Waals surface area contributed by atoms with E-state index in [1.807, 2.05) is 0 Å². The highest BCUT2D eigenvalue weighted by Gasteiger charge is 2.41. The van der Waals surface area contributed by atoms with Gasteiger partial charge >= 0.3 is 0 Å². The fourth-order valence-electron chi connectivity index (χ4n) is 3.51. The first-order valence-corrected chi connectivity index (χ1v) is 7.03. The summed E-state index contributed by atoms with van der Waals surface area (Å²) in [5.41, 5.74) is 0.782. The van der Waals surface area contributed by atoms with Gasteiger partial charge in [0.05, 0.1) is 0 Å². The average Bonchev–Trinajstić information content (AvgIpc) is 2.95. The zero-order valence-electron chi connectivity index (χ0n) is 11.1. The molecule has 0 aromatic carbocycles. The molecular formula is C15H28. The maximum Gasteiger partial charge on any atom is -0.0325 e. The lowest BCUT2D eigenvalue weighted by Gasteiger charge is -2.48. The van der Waals surface area contributed by atoms with Gasteiger partial charge in [0.25, 0.3) is 0 Å². The van der Waals surface area contributed by atoms with Gasteiger partial charge in [-0.15, -0.1) is 0 Å². The van der Waals surface area contributed by atoms with Gasteiger partial charge in [-0.3, -0.25) is 0 Å². The van der Waals surface area contributed by atoms with Gasteiger partial charge in [-0.2, -0.15) is 0 Å². The van der Waals surface area contributed by atoms with E-state index >= 15 is 0 Å². The molecule has 0 aliphatic heterocycles. The summed E-state index contributed by atoms with van der Waals surface area (Å²) in [7, 11) is 0. The van der Waals surface area contributed by atoms with Crippen molar-refractivity contribution in [1.82, 2.24) is 0 Å². The topological polar surface area (TPSA) is 0 Å². The summed E-state index contributed by atoms with van der Waals surface area (Å²) < 4.78 is 0. The standard InChI is InChI=1S/C15H28/c1-11-12(2)14(13(11)3)7-5-6-8-15(4)9-10-15/h11-14H,5-10H2,1-4H3. The van der Waals surface area contributed by atoms with Crippen LogP contribution in [0.1, 0.15) is 66.2 Å². The third-order valence-electron chi connectivity index (χ3n) is 5.68. The Balaban J connectivity index is 1.58. The summed E-state index contributed by atoms with van der Waals surface area (Å²) in [6.07, 6.45) is 8.98. The van der Waals surface area contributed by atoms with E-state index in [4.69, 9.17) is 0 Å². The van der Waals surface area contributed by atoms with Crippen LogP contribution >= 0.6 is 0 Å². The summed E-state index contributed by atoms with van der Waals surface area (Å²) >= 11 is 0. The molecule has 15 heavy (non-hydrogen) atoms. The average molecular weight is 208 g/mol. The van der Waals surface area contributed by atoms with E-state index in [2.05, 4.69) is 27.7 Å². The lowest BCUT2D eigenvalue weighted by molar-refractivity contribution is 0.00774. The molecule has 2 aliphatic rings. The molecule has 0 spiro atoms. The second-order valence-electron chi connectivity index (χ2n) is 6.80. The molecule has 0 amide bonds. The van der Waals surface area contributed by atoms with E-state index < -0.39 is 0 Å². The van der Waals surface area contributed by atoms with Crippen LogP contribution in [-0.4, -0.2) is 0 Å². The van der Waals surface area contributed by atoms with Crippen molar-refractivity contribution in [3.63, 3.8) is 0 Å². The minimum atomic E-state index is 0.782. The maximum absolute atomic E-state index is 2.46. The highest BCUT2D eigenvalue weighted by Crippen LogP contribution is 2.50. The van der Waals surface area contributed by atoms with E-state index in [1.165, 1.54) is 38.5 Å². The van der Waals surface area contributed by atoms with Crippen molar-refractivity contribution in [3.05, 3.63) is 0 Å². The van der Waals surface area contributed by atoms with Crippen molar-refractivity contribution in [1.29, 1.82) is 0 Å². The van der Waals surface area contributed by atoms with Crippen LogP contribution in [0, 0.1) is 29.1 Å². The quantitative estimate of drug-likeness (QED) is 0.565. The largest absolute Gasteiger partial charge is 0.0620 e. The fourth-order valence-corrected chi connectivity index (χ4v) is 3.51. The van der Waals surface area contributed by atoms with Crippen LogP contribution in [0.3, 0.4) is 0 Å². The summed E-state index contributed by atoms with van der Waals surface area (Å²) in [6, 6.07) is 0. The summed E-state index contributed by atoms with van der Waals surface area (Å²) in [4.78, 5) is 0. The Morgan fingerprint density at radius 3 is 2.07 bits per heavy atom. The number of unbranched alkanes of at least 4 members (excludes halogenated alkanes) is 1. The molecule has 2 saturated carbocycles. The molecule has 0 aromatic rings. The van der Waals surface area contributed by atoms with Crippen LogP contribution in [0.25, 0.3) is 0 Å². The van der Waals surface area contributed by atoms with Crippen molar-refractivity contribution in [3.8, 4) is 0 Å². The van der Waals surface area contributed by atoms with E-state index in [0.717, 1.165) is 29.1 Å². The van der Waals surface area contributed by atoms with Crippen molar-refractivity contribution in [2.75, 3.05) is 0 Å². The highest BCUT2D eigenvalue weighted by molar-refractivity contribution is 4.91. The predicted octanol–water partition coefficient (Wildman–Crippen LogP) is 4.89. The van der Waals surface area contributed by atoms with Gasteiger partial charge in [-0.25, -0.2) is 0 Å². The molecule has 0 N–H and O–H groups in total. The first-order valence-electron chi connectivity index (χ1n) is 7.03. The molecule has 0 heterocycles. The lowest BCUT2D eigenvalue weighted by atomic mass is 9.57. The van der Waals surface area contributed by atoms with Crippen LogP contribution in [0.4, 0.5) is 0 Å². The van der Waals surface area contributed by atoms with E-state index in [9.17, 15) is 0 Å². The molecule has 2 fully saturated rings. The molecule has 88 valence electrons. The van der Waals surface area contributed by atoms with Crippen LogP contribution in [0.2, 0.25) is 0 Å². The SMILES string of the molecule is CC1C(C)C(CCCCC2(C)CC2)C1C. The van der Waals surface area contributed by atoms with Crippen molar-refractivity contribution in [2.45, 2.75) is 66.2 Å². The molecule has 0 nitrogen and oxygen atoms in total. The van der Waals surface area contributed by atoms with Crippen LogP contribution in [0.5, 0.6) is 0 Å². The molecule has 0 heteroatoms. The molecule has 2 atom stereocenters. The number of hydrogen-bond donors (Lipinski definition) is 0. The summed E-state index contributed by atoms with van der Waals surface area (Å²) in [6.45, 7) is 9.80. The molecule has 0 radical (unpaired) electrons. The van der Waals surface area contributed by atoms with Gasteiger partial charge in [0.2, 0.25) is 0 Å². The molecule has 0 bridgehead atoms. The van der Waals surface area contributed by atoms with Gasteiger partial charge in [0.15, 0.2) is 0 Å². The highest BCUT2D eigenvalue weighted by atomic mass is 14.5. The molecule has 2 rings (SSSR count). The predicted molar refractivity (Wildman–Crippen MR) is 66.8 cm³/mol. The van der Waals surface area contributed by atoms with Gasteiger partial charge in [0.1, 0.15) is 0 Å². The van der Waals surface area contributed by atoms with Gasteiger partial charge in [0, 0.05) is 0 Å². The van der Waals surface area contributed by atoms with Gasteiger partial charge in [-0.1, -0.05) is 40.5 Å². The summed E-state index contributed by atoms with van der Waals surface area (Å²) in [5.74, 6) is 4.02. The Morgan fingerprint density at radius 2 is 1.53 bits per heavy atom. The Labute approximate surface area is 95.8 Å². The Hall–Kier alpha value is 0. The summed E-state index contributed by atoms with van der Waals surface area (Å²) in [5, 5.41) is 0. The second kappa shape index (κ2) is 4.11. The van der Waals surface area contributed by atoms with Gasteiger partial charge in [-0.05, 0) is 54.8 Å². The van der Waals surface area contributed by atoms with Crippen LogP contribution < -0.4 is 0 Å². The zero-order chi connectivity index (χ0) is 11.1. The third-order valence-corrected chi connectivity index (χ3v) is 5.68. The molecule has 2 aliphatic carbocycles. The number of hydrogen-bond acceptors (Lipinski definition) is 0. The van der Waals surface area contributed by atoms with Crippen molar-refractivity contribution < 1.29 is 0 Å². The minimum Gasteiger partial charge on any atom is -0.0620 e. The molecule has 0 aromatic heterocycles. The first-order chi connectivity index (χ1) is 7.03. The monoisotopic (exact) mass is 208 g/mol. The number of rotatable bonds is 5. The minimum absolute atomic E-state index is 0.782. The molecule has 0 saturated heterocycles. The van der Waals surface area contributed by atoms with Crippen LogP contribution in [0.15, 0.2) is 0 Å². The normalized spacial score (nSPS) is 42.4. The van der Waals surface area contributed by atoms with E-state index in [1.54, 1.807) is 0 Å². The lowest BCUT2D eigenvalue weighted by Crippen LogP contribution is -2.41. The first kappa shape index (κ1) is 11.5. The fraction of sp³-hybridized carbons (Fsp3) is 1.00. The Morgan fingerprint density at radius 1 is 0.933 bits per heavy atom.